The van der Waals surface area contributed by atoms with Crippen molar-refractivity contribution in [3.05, 3.63) is 23.8 Å². The molecule has 94 valence electrons. The molecule has 2 rings (SSSR count). The fraction of sp³-hybridized carbons (Fsp3) is 0.600. The molecular formula is C15H24N2. The van der Waals surface area contributed by atoms with E-state index in [1.807, 2.05) is 0 Å². The van der Waals surface area contributed by atoms with Crippen LogP contribution in [0, 0.1) is 5.92 Å². The number of anilines is 2. The molecule has 1 aliphatic heterocycles. The molecule has 0 fully saturated rings. The molecule has 0 aromatic heterocycles. The molecule has 17 heavy (non-hydrogen) atoms. The van der Waals surface area contributed by atoms with Crippen LogP contribution in [0.25, 0.3) is 0 Å². The first-order chi connectivity index (χ1) is 8.06. The fourth-order valence-corrected chi connectivity index (χ4v) is 2.53. The molecule has 1 atom stereocenters. The van der Waals surface area contributed by atoms with Gasteiger partial charge < -0.3 is 10.2 Å². The molecule has 0 radical (unpaired) electrons. The average molecular weight is 232 g/mol. The largest absolute Gasteiger partial charge is 0.382 e. The number of benzene rings is 1. The van der Waals surface area contributed by atoms with Crippen LogP contribution in [0.4, 0.5) is 11.4 Å². The number of nitrogens with zero attached hydrogens (tertiary/aromatic N) is 1. The van der Waals surface area contributed by atoms with Crippen LogP contribution in [-0.2, 0) is 6.42 Å². The SMILES string of the molecule is CC(C)CN(C)c1ccc2c(c1)CCC(C)N2. The quantitative estimate of drug-likeness (QED) is 0.857. The zero-order valence-electron chi connectivity index (χ0n) is 11.5. The van der Waals surface area contributed by atoms with Gasteiger partial charge in [-0.3, -0.25) is 0 Å². The topological polar surface area (TPSA) is 15.3 Å². The Morgan fingerprint density at radius 2 is 2.18 bits per heavy atom. The lowest BCUT2D eigenvalue weighted by Gasteiger charge is -2.27. The third kappa shape index (κ3) is 2.93. The normalized spacial score (nSPS) is 18.8. The van der Waals surface area contributed by atoms with E-state index in [4.69, 9.17) is 0 Å². The van der Waals surface area contributed by atoms with Gasteiger partial charge in [-0.25, -0.2) is 0 Å². The van der Waals surface area contributed by atoms with Gasteiger partial charge in [0, 0.05) is 31.0 Å². The van der Waals surface area contributed by atoms with Crippen molar-refractivity contribution in [3.63, 3.8) is 0 Å². The van der Waals surface area contributed by atoms with Crippen LogP contribution in [0.15, 0.2) is 18.2 Å². The van der Waals surface area contributed by atoms with E-state index in [-0.39, 0.29) is 0 Å². The third-order valence-corrected chi connectivity index (χ3v) is 3.42. The van der Waals surface area contributed by atoms with Gasteiger partial charge in [-0.15, -0.1) is 0 Å². The maximum atomic E-state index is 3.55. The lowest BCUT2D eigenvalue weighted by atomic mass is 9.98. The van der Waals surface area contributed by atoms with E-state index in [0.29, 0.717) is 12.0 Å². The minimum absolute atomic E-state index is 0.613. The zero-order chi connectivity index (χ0) is 12.4. The fourth-order valence-electron chi connectivity index (χ4n) is 2.53. The first-order valence-electron chi connectivity index (χ1n) is 6.67. The third-order valence-electron chi connectivity index (χ3n) is 3.42. The van der Waals surface area contributed by atoms with Crippen molar-refractivity contribution in [2.75, 3.05) is 23.8 Å². The van der Waals surface area contributed by atoms with Gasteiger partial charge in [-0.1, -0.05) is 13.8 Å². The van der Waals surface area contributed by atoms with Crippen molar-refractivity contribution in [1.29, 1.82) is 0 Å². The second-order valence-electron chi connectivity index (χ2n) is 5.70. The molecule has 0 aliphatic carbocycles. The van der Waals surface area contributed by atoms with Gasteiger partial charge in [0.1, 0.15) is 0 Å². The molecule has 2 heteroatoms. The van der Waals surface area contributed by atoms with Crippen LogP contribution >= 0.6 is 0 Å². The summed E-state index contributed by atoms with van der Waals surface area (Å²) in [7, 11) is 2.18. The van der Waals surface area contributed by atoms with Crippen LogP contribution in [0.3, 0.4) is 0 Å². The lowest BCUT2D eigenvalue weighted by molar-refractivity contribution is 0.637. The van der Waals surface area contributed by atoms with E-state index >= 15 is 0 Å². The number of hydrogen-bond donors (Lipinski definition) is 1. The summed E-state index contributed by atoms with van der Waals surface area (Å²) in [6.07, 6.45) is 2.44. The van der Waals surface area contributed by atoms with Crippen LogP contribution in [-0.4, -0.2) is 19.6 Å². The van der Waals surface area contributed by atoms with E-state index in [2.05, 4.69) is 56.2 Å². The smallest absolute Gasteiger partial charge is 0.0376 e. The predicted octanol–water partition coefficient (Wildman–Crippen LogP) is 3.53. The Bertz CT molecular complexity index is 385. The number of nitrogens with one attached hydrogen (secondary N) is 1. The highest BCUT2D eigenvalue weighted by Gasteiger charge is 2.15. The molecule has 0 saturated carbocycles. The molecule has 1 heterocycles. The van der Waals surface area contributed by atoms with Crippen LogP contribution in [0.5, 0.6) is 0 Å². The monoisotopic (exact) mass is 232 g/mol. The Morgan fingerprint density at radius 1 is 1.41 bits per heavy atom. The summed E-state index contributed by atoms with van der Waals surface area (Å²) >= 11 is 0. The number of aryl methyl sites for hydroxylation is 1. The molecule has 0 amide bonds. The number of hydrogen-bond acceptors (Lipinski definition) is 2. The maximum Gasteiger partial charge on any atom is 0.0376 e. The average Bonchev–Trinajstić information content (AvgIpc) is 2.27. The highest BCUT2D eigenvalue weighted by atomic mass is 15.1. The summed E-state index contributed by atoms with van der Waals surface area (Å²) in [5.74, 6) is 0.703. The standard InChI is InChI=1S/C15H24N2/c1-11(2)10-17(4)14-7-8-15-13(9-14)6-5-12(3)16-15/h7-9,11-12,16H,5-6,10H2,1-4H3. The zero-order valence-corrected chi connectivity index (χ0v) is 11.5. The lowest BCUT2D eigenvalue weighted by Crippen LogP contribution is -2.24. The second kappa shape index (κ2) is 4.99. The van der Waals surface area contributed by atoms with Gasteiger partial charge in [0.2, 0.25) is 0 Å². The summed E-state index contributed by atoms with van der Waals surface area (Å²) in [6, 6.07) is 7.42. The Morgan fingerprint density at radius 3 is 2.88 bits per heavy atom. The summed E-state index contributed by atoms with van der Waals surface area (Å²) in [4.78, 5) is 2.35. The molecule has 1 aromatic rings. The van der Waals surface area contributed by atoms with Crippen LogP contribution < -0.4 is 10.2 Å². The van der Waals surface area contributed by atoms with E-state index < -0.39 is 0 Å². The molecule has 1 N–H and O–H groups in total. The van der Waals surface area contributed by atoms with Crippen LogP contribution in [0.1, 0.15) is 32.8 Å². The summed E-state index contributed by atoms with van der Waals surface area (Å²) in [6.45, 7) is 7.89. The first kappa shape index (κ1) is 12.3. The Balaban J connectivity index is 2.16. The number of rotatable bonds is 3. The Labute approximate surface area is 105 Å². The minimum atomic E-state index is 0.613. The van der Waals surface area contributed by atoms with Crippen molar-refractivity contribution in [2.45, 2.75) is 39.7 Å². The summed E-state index contributed by atoms with van der Waals surface area (Å²) < 4.78 is 0. The Kier molecular flexibility index (Phi) is 3.60. The van der Waals surface area contributed by atoms with E-state index in [9.17, 15) is 0 Å². The van der Waals surface area contributed by atoms with Crippen molar-refractivity contribution in [3.8, 4) is 0 Å². The van der Waals surface area contributed by atoms with Crippen LogP contribution in [0.2, 0.25) is 0 Å². The van der Waals surface area contributed by atoms with Crippen molar-refractivity contribution in [1.82, 2.24) is 0 Å². The van der Waals surface area contributed by atoms with Gasteiger partial charge in [-0.2, -0.15) is 0 Å². The molecular weight excluding hydrogens is 208 g/mol. The van der Waals surface area contributed by atoms with E-state index in [1.54, 1.807) is 0 Å². The van der Waals surface area contributed by atoms with Gasteiger partial charge >= 0.3 is 0 Å². The molecule has 1 unspecified atom stereocenters. The molecule has 0 bridgehead atoms. The van der Waals surface area contributed by atoms with E-state index in [1.165, 1.54) is 29.8 Å². The maximum absolute atomic E-state index is 3.55. The van der Waals surface area contributed by atoms with Crippen molar-refractivity contribution < 1.29 is 0 Å². The molecule has 0 spiro atoms. The van der Waals surface area contributed by atoms with Gasteiger partial charge in [0.15, 0.2) is 0 Å². The number of fused-ring (bicyclic) bond motifs is 1. The molecule has 0 saturated heterocycles. The highest BCUT2D eigenvalue weighted by molar-refractivity contribution is 5.62. The van der Waals surface area contributed by atoms with E-state index in [0.717, 1.165) is 6.54 Å². The Hall–Kier alpha value is -1.18. The minimum Gasteiger partial charge on any atom is -0.382 e. The molecule has 1 aromatic carbocycles. The summed E-state index contributed by atoms with van der Waals surface area (Å²) in [5, 5.41) is 3.55. The first-order valence-corrected chi connectivity index (χ1v) is 6.67. The molecule has 1 aliphatic rings. The summed E-state index contributed by atoms with van der Waals surface area (Å²) in [5.41, 5.74) is 4.13. The molecule has 2 nitrogen and oxygen atoms in total. The highest BCUT2D eigenvalue weighted by Crippen LogP contribution is 2.28. The predicted molar refractivity (Wildman–Crippen MR) is 76.0 cm³/mol. The van der Waals surface area contributed by atoms with Gasteiger partial charge in [0.25, 0.3) is 0 Å². The van der Waals surface area contributed by atoms with Crippen molar-refractivity contribution in [2.24, 2.45) is 5.92 Å². The second-order valence-corrected chi connectivity index (χ2v) is 5.70. The van der Waals surface area contributed by atoms with Gasteiger partial charge in [-0.05, 0) is 49.4 Å². The van der Waals surface area contributed by atoms with Gasteiger partial charge in [0.05, 0.1) is 0 Å². The van der Waals surface area contributed by atoms with Crippen molar-refractivity contribution >= 4 is 11.4 Å².